The van der Waals surface area contributed by atoms with E-state index in [4.69, 9.17) is 0 Å². The van der Waals surface area contributed by atoms with Crippen molar-refractivity contribution in [1.82, 2.24) is 20.8 Å². The zero-order chi connectivity index (χ0) is 30.8. The molecule has 0 spiro atoms. The fourth-order valence-corrected chi connectivity index (χ4v) is 4.88. The van der Waals surface area contributed by atoms with Gasteiger partial charge in [0.2, 0.25) is 0 Å². The van der Waals surface area contributed by atoms with Crippen molar-refractivity contribution in [1.29, 1.82) is 0 Å². The Labute approximate surface area is 254 Å². The number of allylic oxidation sites excluding steroid dienone is 8. The fourth-order valence-electron chi connectivity index (χ4n) is 4.88. The normalized spacial score (nSPS) is 13.1. The molecular formula is C38H39FN4. The number of benzene rings is 3. The van der Waals surface area contributed by atoms with Crippen molar-refractivity contribution >= 4 is 27.7 Å². The van der Waals surface area contributed by atoms with Crippen LogP contribution in [0.5, 0.6) is 0 Å². The molecule has 3 aromatic carbocycles. The predicted molar refractivity (Wildman–Crippen MR) is 181 cm³/mol. The van der Waals surface area contributed by atoms with E-state index in [-0.39, 0.29) is 5.82 Å². The Hall–Kier alpha value is -5.00. The molecule has 0 radical (unpaired) electrons. The minimum absolute atomic E-state index is 0.284. The third-order valence-electron chi connectivity index (χ3n) is 7.35. The molecule has 0 amide bonds. The predicted octanol–water partition coefficient (Wildman–Crippen LogP) is 9.13. The molecule has 0 fully saturated rings. The topological polar surface area (TPSA) is 52.7 Å². The first-order valence-electron chi connectivity index (χ1n) is 14.3. The summed E-state index contributed by atoms with van der Waals surface area (Å²) < 4.78 is 14.6. The standard InChI is InChI=1S/C38H39FN4/c1-7-15-33(34-18-13-14-19-36(34)39)26(4)27(5)41-28(6)38-35-23-32(20-21-37(35)42-43-38)31(9-3)22-29(8-2)24-40-25-30-16-11-10-12-17-30/h7-23,40-41H,1-2,6,24-25H2,3-5H3,(H,42,43)/b27-26+,29-22+,31-9+,33-15+. The summed E-state index contributed by atoms with van der Waals surface area (Å²) in [6.07, 6.45) is 9.63. The minimum Gasteiger partial charge on any atom is -0.358 e. The van der Waals surface area contributed by atoms with Gasteiger partial charge in [0, 0.05) is 29.7 Å². The molecule has 0 aliphatic carbocycles. The van der Waals surface area contributed by atoms with Crippen LogP contribution in [0.15, 0.2) is 140 Å². The Morgan fingerprint density at radius 3 is 2.44 bits per heavy atom. The van der Waals surface area contributed by atoms with Crippen molar-refractivity contribution in [2.24, 2.45) is 0 Å². The lowest BCUT2D eigenvalue weighted by molar-refractivity contribution is 0.624. The number of hydrogen-bond donors (Lipinski definition) is 3. The first kappa shape index (κ1) is 30.9. The van der Waals surface area contributed by atoms with Gasteiger partial charge in [0.25, 0.3) is 0 Å². The highest BCUT2D eigenvalue weighted by atomic mass is 19.1. The van der Waals surface area contributed by atoms with Gasteiger partial charge in [-0.2, -0.15) is 5.10 Å². The van der Waals surface area contributed by atoms with Crippen LogP contribution in [-0.2, 0) is 6.54 Å². The van der Waals surface area contributed by atoms with Gasteiger partial charge < -0.3 is 10.6 Å². The minimum atomic E-state index is -0.284. The van der Waals surface area contributed by atoms with Crippen LogP contribution in [0.3, 0.4) is 0 Å². The lowest BCUT2D eigenvalue weighted by atomic mass is 9.96. The second kappa shape index (κ2) is 14.8. The lowest BCUT2D eigenvalue weighted by Gasteiger charge is -2.16. The molecule has 0 aliphatic rings. The molecule has 3 N–H and O–H groups in total. The number of H-pyrrole nitrogens is 1. The molecule has 4 nitrogen and oxygen atoms in total. The molecule has 0 saturated heterocycles. The summed E-state index contributed by atoms with van der Waals surface area (Å²) in [5, 5.41) is 15.6. The molecule has 218 valence electrons. The van der Waals surface area contributed by atoms with Gasteiger partial charge in [0.15, 0.2) is 0 Å². The Bertz CT molecular complexity index is 1750. The maximum Gasteiger partial charge on any atom is 0.131 e. The van der Waals surface area contributed by atoms with E-state index in [9.17, 15) is 4.39 Å². The van der Waals surface area contributed by atoms with Gasteiger partial charge in [-0.25, -0.2) is 4.39 Å². The molecule has 4 aromatic rings. The maximum absolute atomic E-state index is 14.6. The van der Waals surface area contributed by atoms with E-state index < -0.39 is 0 Å². The molecule has 1 heterocycles. The number of nitrogens with zero attached hydrogens (tertiary/aromatic N) is 1. The number of fused-ring (bicyclic) bond motifs is 1. The van der Waals surface area contributed by atoms with Crippen LogP contribution in [0.4, 0.5) is 4.39 Å². The molecule has 43 heavy (non-hydrogen) atoms. The first-order chi connectivity index (χ1) is 20.9. The van der Waals surface area contributed by atoms with Gasteiger partial charge in [-0.05, 0) is 72.4 Å². The van der Waals surface area contributed by atoms with Gasteiger partial charge in [0.1, 0.15) is 11.5 Å². The Balaban J connectivity index is 1.56. The summed E-state index contributed by atoms with van der Waals surface area (Å²) in [6, 6.07) is 23.3. The highest BCUT2D eigenvalue weighted by Crippen LogP contribution is 2.30. The van der Waals surface area contributed by atoms with Crippen LogP contribution in [0.1, 0.15) is 43.2 Å². The van der Waals surface area contributed by atoms with E-state index in [2.05, 4.69) is 77.0 Å². The van der Waals surface area contributed by atoms with Crippen LogP contribution < -0.4 is 10.6 Å². The molecule has 1 aromatic heterocycles. The molecule has 0 atom stereocenters. The first-order valence-corrected chi connectivity index (χ1v) is 14.3. The van der Waals surface area contributed by atoms with Gasteiger partial charge >= 0.3 is 0 Å². The Morgan fingerprint density at radius 1 is 1.00 bits per heavy atom. The van der Waals surface area contributed by atoms with Gasteiger partial charge in [-0.1, -0.05) is 105 Å². The monoisotopic (exact) mass is 570 g/mol. The van der Waals surface area contributed by atoms with Crippen LogP contribution in [0.25, 0.3) is 27.7 Å². The number of rotatable bonds is 13. The largest absolute Gasteiger partial charge is 0.358 e. The summed E-state index contributed by atoms with van der Waals surface area (Å²) >= 11 is 0. The van der Waals surface area contributed by atoms with Gasteiger partial charge in [-0.3, -0.25) is 5.10 Å². The molecule has 4 rings (SSSR count). The number of aromatic amines is 1. The zero-order valence-electron chi connectivity index (χ0n) is 25.2. The third kappa shape index (κ3) is 7.64. The number of halogens is 1. The second-order valence-electron chi connectivity index (χ2n) is 10.2. The van der Waals surface area contributed by atoms with Crippen LogP contribution in [0.2, 0.25) is 0 Å². The number of nitrogens with one attached hydrogen (secondary N) is 3. The molecule has 0 aliphatic heterocycles. The SMILES string of the molecule is C=C/C=C(\C(C)=C(/C)NC(=C)c1n[nH]c2ccc(C(/C=C(\C=C)CNCc3ccccc3)=C/C)cc12)c1ccccc1F. The van der Waals surface area contributed by atoms with Crippen molar-refractivity contribution in [3.05, 3.63) is 168 Å². The van der Waals surface area contributed by atoms with E-state index in [1.54, 1.807) is 18.2 Å². The summed E-state index contributed by atoms with van der Waals surface area (Å²) in [5.74, 6) is -0.284. The summed E-state index contributed by atoms with van der Waals surface area (Å²) in [4.78, 5) is 0. The van der Waals surface area contributed by atoms with Crippen molar-refractivity contribution in [3.8, 4) is 0 Å². The van der Waals surface area contributed by atoms with Gasteiger partial charge in [0.05, 0.1) is 11.2 Å². The molecule has 0 saturated carbocycles. The highest BCUT2D eigenvalue weighted by molar-refractivity contribution is 5.93. The van der Waals surface area contributed by atoms with E-state index in [1.807, 2.05) is 63.3 Å². The summed E-state index contributed by atoms with van der Waals surface area (Å²) in [6.45, 7) is 19.6. The third-order valence-corrected chi connectivity index (χ3v) is 7.35. The van der Waals surface area contributed by atoms with E-state index in [0.717, 1.165) is 56.7 Å². The van der Waals surface area contributed by atoms with E-state index >= 15 is 0 Å². The zero-order valence-corrected chi connectivity index (χ0v) is 25.2. The average molecular weight is 571 g/mol. The molecule has 5 heteroatoms. The second-order valence-corrected chi connectivity index (χ2v) is 10.2. The van der Waals surface area contributed by atoms with Crippen LogP contribution >= 0.6 is 0 Å². The van der Waals surface area contributed by atoms with Gasteiger partial charge in [-0.15, -0.1) is 0 Å². The molecular weight excluding hydrogens is 531 g/mol. The maximum atomic E-state index is 14.6. The fraction of sp³-hybridized carbons (Fsp3) is 0.132. The van der Waals surface area contributed by atoms with Crippen LogP contribution in [-0.4, -0.2) is 16.7 Å². The van der Waals surface area contributed by atoms with Crippen LogP contribution in [0, 0.1) is 5.82 Å². The van der Waals surface area contributed by atoms with Crippen molar-refractivity contribution < 1.29 is 4.39 Å². The molecule has 0 unspecified atom stereocenters. The number of hydrogen-bond acceptors (Lipinski definition) is 3. The van der Waals surface area contributed by atoms with E-state index in [0.29, 0.717) is 17.8 Å². The average Bonchev–Trinajstić information content (AvgIpc) is 3.45. The summed E-state index contributed by atoms with van der Waals surface area (Å²) in [5.41, 5.74) is 9.73. The lowest BCUT2D eigenvalue weighted by Crippen LogP contribution is -2.15. The van der Waals surface area contributed by atoms with Crippen molar-refractivity contribution in [3.63, 3.8) is 0 Å². The number of aromatic nitrogens is 2. The quantitative estimate of drug-likeness (QED) is 0.141. The summed E-state index contributed by atoms with van der Waals surface area (Å²) in [7, 11) is 0. The van der Waals surface area contributed by atoms with Crippen molar-refractivity contribution in [2.45, 2.75) is 27.3 Å². The Kier molecular flexibility index (Phi) is 10.6. The smallest absolute Gasteiger partial charge is 0.131 e. The highest BCUT2D eigenvalue weighted by Gasteiger charge is 2.15. The molecule has 0 bridgehead atoms. The van der Waals surface area contributed by atoms with E-state index in [1.165, 1.54) is 11.6 Å². The van der Waals surface area contributed by atoms with Crippen molar-refractivity contribution in [2.75, 3.05) is 6.54 Å². The Morgan fingerprint density at radius 2 is 1.74 bits per heavy atom.